The summed E-state index contributed by atoms with van der Waals surface area (Å²) in [4.78, 5) is 11.1. The third kappa shape index (κ3) is 4.66. The van der Waals surface area contributed by atoms with Crippen molar-refractivity contribution < 1.29 is 4.74 Å². The van der Waals surface area contributed by atoms with Crippen LogP contribution in [0.4, 0.5) is 0 Å². The molecule has 0 aliphatic carbocycles. The highest BCUT2D eigenvalue weighted by Gasteiger charge is 2.52. The van der Waals surface area contributed by atoms with Crippen LogP contribution in [0.25, 0.3) is 0 Å². The van der Waals surface area contributed by atoms with Crippen molar-refractivity contribution >= 4 is 5.96 Å². The van der Waals surface area contributed by atoms with E-state index in [2.05, 4.69) is 66.9 Å². The van der Waals surface area contributed by atoms with E-state index in [0.717, 1.165) is 38.2 Å². The Morgan fingerprint density at radius 3 is 2.64 bits per heavy atom. The van der Waals surface area contributed by atoms with Crippen LogP contribution in [0, 0.1) is 12.3 Å². The molecule has 2 rings (SSSR count). The summed E-state index contributed by atoms with van der Waals surface area (Å²) in [5.41, 5.74) is 7.88. The molecule has 0 aromatic carbocycles. The average Bonchev–Trinajstić information content (AvgIpc) is 3.09. The van der Waals surface area contributed by atoms with Gasteiger partial charge in [-0.3, -0.25) is 14.9 Å². The molecule has 0 spiro atoms. The third-order valence-electron chi connectivity index (χ3n) is 6.70. The Balaban J connectivity index is 2.24. The van der Waals surface area contributed by atoms with E-state index in [0.29, 0.717) is 12.6 Å². The number of nitrogens with one attached hydrogen (secondary N) is 1. The predicted octanol–water partition coefficient (Wildman–Crippen LogP) is 3.06. The lowest BCUT2D eigenvalue weighted by Gasteiger charge is -2.46. The first-order valence-corrected chi connectivity index (χ1v) is 10.4. The highest BCUT2D eigenvalue weighted by atomic mass is 16.5. The van der Waals surface area contributed by atoms with Crippen molar-refractivity contribution in [3.8, 4) is 0 Å². The van der Waals surface area contributed by atoms with Crippen LogP contribution in [0.3, 0.4) is 0 Å². The number of rotatable bonds is 8. The molecule has 0 bridgehead atoms. The molecule has 1 fully saturated rings. The van der Waals surface area contributed by atoms with Gasteiger partial charge < -0.3 is 15.8 Å². The molecule has 6 nitrogen and oxygen atoms in total. The zero-order chi connectivity index (χ0) is 21.0. The molecule has 1 aromatic heterocycles. The van der Waals surface area contributed by atoms with E-state index in [4.69, 9.17) is 10.5 Å². The minimum absolute atomic E-state index is 0.0411. The second-order valence-electron chi connectivity index (χ2n) is 8.93. The average molecular weight is 390 g/mol. The zero-order valence-electron chi connectivity index (χ0n) is 18.8. The highest BCUT2D eigenvalue weighted by Crippen LogP contribution is 2.48. The first-order chi connectivity index (χ1) is 13.1. The molecule has 28 heavy (non-hydrogen) atoms. The molecule has 3 N–H and O–H groups in total. The Bertz CT molecular complexity index is 668. The summed E-state index contributed by atoms with van der Waals surface area (Å²) in [6.45, 7) is 16.7. The van der Waals surface area contributed by atoms with Gasteiger partial charge in [-0.25, -0.2) is 0 Å². The van der Waals surface area contributed by atoms with Crippen molar-refractivity contribution in [1.29, 1.82) is 0 Å². The van der Waals surface area contributed by atoms with Crippen LogP contribution in [0.1, 0.15) is 58.7 Å². The smallest absolute Gasteiger partial charge is 0.188 e. The van der Waals surface area contributed by atoms with E-state index in [-0.39, 0.29) is 16.6 Å². The number of ether oxygens (including phenoxy) is 1. The molecule has 158 valence electrons. The van der Waals surface area contributed by atoms with Crippen LogP contribution in [0.5, 0.6) is 0 Å². The number of aliphatic imine (C=N–C) groups is 1. The van der Waals surface area contributed by atoms with Crippen molar-refractivity contribution in [2.75, 3.05) is 33.3 Å². The largest absolute Gasteiger partial charge is 0.375 e. The van der Waals surface area contributed by atoms with Crippen LogP contribution in [0.2, 0.25) is 0 Å². The normalized spacial score (nSPS) is 21.9. The number of hydrogen-bond donors (Lipinski definition) is 2. The van der Waals surface area contributed by atoms with Crippen LogP contribution >= 0.6 is 0 Å². The van der Waals surface area contributed by atoms with Gasteiger partial charge in [-0.15, -0.1) is 0 Å². The number of pyridine rings is 1. The van der Waals surface area contributed by atoms with Gasteiger partial charge in [-0.05, 0) is 72.6 Å². The summed E-state index contributed by atoms with van der Waals surface area (Å²) in [6.07, 6.45) is 4.09. The monoisotopic (exact) mass is 389 g/mol. The van der Waals surface area contributed by atoms with Gasteiger partial charge >= 0.3 is 0 Å². The van der Waals surface area contributed by atoms with Crippen LogP contribution in [-0.2, 0) is 10.3 Å². The van der Waals surface area contributed by atoms with Crippen molar-refractivity contribution in [1.82, 2.24) is 15.2 Å². The molecule has 1 saturated heterocycles. The van der Waals surface area contributed by atoms with Crippen molar-refractivity contribution in [3.63, 3.8) is 0 Å². The number of aromatic nitrogens is 1. The quantitative estimate of drug-likeness (QED) is 0.528. The topological polar surface area (TPSA) is 75.8 Å². The van der Waals surface area contributed by atoms with E-state index < -0.39 is 0 Å². The Hall–Kier alpha value is -1.66. The van der Waals surface area contributed by atoms with Crippen molar-refractivity contribution in [3.05, 3.63) is 29.6 Å². The Morgan fingerprint density at radius 1 is 1.36 bits per heavy atom. The Labute approximate surface area is 171 Å². The minimum Gasteiger partial charge on any atom is -0.375 e. The zero-order valence-corrected chi connectivity index (χ0v) is 18.8. The van der Waals surface area contributed by atoms with Crippen LogP contribution < -0.4 is 11.1 Å². The first-order valence-electron chi connectivity index (χ1n) is 10.4. The van der Waals surface area contributed by atoms with Gasteiger partial charge in [0.15, 0.2) is 5.96 Å². The molecule has 0 saturated carbocycles. The SMILES string of the molecule is CCOC(C)(C)C1(CCNC(N)=NC)CCN(C(C)(C)c2ccc(C)nc2)C1. The lowest BCUT2D eigenvalue weighted by molar-refractivity contribution is -0.109. The van der Waals surface area contributed by atoms with Gasteiger partial charge in [-0.1, -0.05) is 6.07 Å². The predicted molar refractivity (Wildman–Crippen MR) is 116 cm³/mol. The lowest BCUT2D eigenvalue weighted by atomic mass is 9.70. The van der Waals surface area contributed by atoms with E-state index in [9.17, 15) is 0 Å². The molecule has 1 aliphatic heterocycles. The van der Waals surface area contributed by atoms with Gasteiger partial charge in [0, 0.05) is 49.6 Å². The fraction of sp³-hybridized carbons (Fsp3) is 0.727. The molecule has 1 aliphatic rings. The van der Waals surface area contributed by atoms with Gasteiger partial charge in [0.2, 0.25) is 0 Å². The maximum atomic E-state index is 6.25. The summed E-state index contributed by atoms with van der Waals surface area (Å²) in [7, 11) is 1.71. The summed E-state index contributed by atoms with van der Waals surface area (Å²) in [6, 6.07) is 4.30. The van der Waals surface area contributed by atoms with Gasteiger partial charge in [0.1, 0.15) is 0 Å². The summed E-state index contributed by atoms with van der Waals surface area (Å²) >= 11 is 0. The van der Waals surface area contributed by atoms with Gasteiger partial charge in [0.05, 0.1) is 5.60 Å². The molecule has 1 aromatic rings. The van der Waals surface area contributed by atoms with Gasteiger partial charge in [0.25, 0.3) is 0 Å². The molecule has 0 amide bonds. The Morgan fingerprint density at radius 2 is 2.07 bits per heavy atom. The Kier molecular flexibility index (Phi) is 7.10. The van der Waals surface area contributed by atoms with Crippen molar-refractivity contribution in [2.45, 2.75) is 65.5 Å². The van der Waals surface area contributed by atoms with Crippen LogP contribution in [-0.4, -0.2) is 54.7 Å². The molecule has 1 atom stereocenters. The van der Waals surface area contributed by atoms with E-state index in [1.807, 2.05) is 13.1 Å². The number of likely N-dealkylation sites (tertiary alicyclic amines) is 1. The molecule has 1 unspecified atom stereocenters. The van der Waals surface area contributed by atoms with Crippen molar-refractivity contribution in [2.24, 2.45) is 16.1 Å². The third-order valence-corrected chi connectivity index (χ3v) is 6.70. The summed E-state index contributed by atoms with van der Waals surface area (Å²) < 4.78 is 6.25. The number of aryl methyl sites for hydroxylation is 1. The molecular weight excluding hydrogens is 350 g/mol. The van der Waals surface area contributed by atoms with E-state index >= 15 is 0 Å². The number of guanidine groups is 1. The standard InChI is InChI=1S/C22H39N5O/c1-8-28-21(5,6)22(11-13-25-19(23)24-7)12-14-27(16-22)20(3,4)18-10-9-17(2)26-15-18/h9-10,15H,8,11-14,16H2,1-7H3,(H3,23,24,25). The highest BCUT2D eigenvalue weighted by molar-refractivity contribution is 5.77. The van der Waals surface area contributed by atoms with Crippen LogP contribution in [0.15, 0.2) is 23.3 Å². The molecular formula is C22H39N5O. The fourth-order valence-corrected chi connectivity index (χ4v) is 4.38. The molecule has 6 heteroatoms. The summed E-state index contributed by atoms with van der Waals surface area (Å²) in [5, 5.41) is 3.23. The summed E-state index contributed by atoms with van der Waals surface area (Å²) in [5.74, 6) is 0.491. The number of nitrogens with zero attached hydrogens (tertiary/aromatic N) is 3. The second kappa shape index (κ2) is 8.78. The maximum Gasteiger partial charge on any atom is 0.188 e. The second-order valence-corrected chi connectivity index (χ2v) is 8.93. The fourth-order valence-electron chi connectivity index (χ4n) is 4.38. The maximum absolute atomic E-state index is 6.25. The van der Waals surface area contributed by atoms with E-state index in [1.165, 1.54) is 5.56 Å². The molecule has 0 radical (unpaired) electrons. The number of hydrogen-bond acceptors (Lipinski definition) is 4. The minimum atomic E-state index is -0.224. The lowest BCUT2D eigenvalue weighted by Crippen LogP contribution is -2.51. The first kappa shape index (κ1) is 22.6. The number of nitrogens with two attached hydrogens (primary N) is 1. The molecule has 2 heterocycles. The van der Waals surface area contributed by atoms with E-state index in [1.54, 1.807) is 7.05 Å². The van der Waals surface area contributed by atoms with Gasteiger partial charge in [-0.2, -0.15) is 0 Å².